The normalized spacial score (nSPS) is 30.0. The van der Waals surface area contributed by atoms with Gasteiger partial charge in [-0.15, -0.1) is 0 Å². The summed E-state index contributed by atoms with van der Waals surface area (Å²) in [6.45, 7) is 2.63. The summed E-state index contributed by atoms with van der Waals surface area (Å²) in [5, 5.41) is 3.42. The van der Waals surface area contributed by atoms with Gasteiger partial charge in [-0.3, -0.25) is 4.79 Å². The fraction of sp³-hybridized carbons (Fsp3) is 0.562. The lowest BCUT2D eigenvalue weighted by Crippen LogP contribution is -2.47. The van der Waals surface area contributed by atoms with Crippen molar-refractivity contribution in [1.29, 1.82) is 0 Å². The second-order valence-electron chi connectivity index (χ2n) is 5.95. The summed E-state index contributed by atoms with van der Waals surface area (Å²) in [4.78, 5) is 14.5. The van der Waals surface area contributed by atoms with Crippen molar-refractivity contribution in [2.45, 2.75) is 18.8 Å². The van der Waals surface area contributed by atoms with Crippen LogP contribution in [-0.4, -0.2) is 44.6 Å². The van der Waals surface area contributed by atoms with Gasteiger partial charge in [0, 0.05) is 26.1 Å². The van der Waals surface area contributed by atoms with E-state index in [-0.39, 0.29) is 11.3 Å². The molecule has 4 heteroatoms. The van der Waals surface area contributed by atoms with Crippen LogP contribution in [0.1, 0.15) is 24.3 Å². The van der Waals surface area contributed by atoms with Gasteiger partial charge in [0.05, 0.1) is 12.5 Å². The van der Waals surface area contributed by atoms with Crippen LogP contribution in [0.4, 0.5) is 0 Å². The van der Waals surface area contributed by atoms with E-state index in [1.807, 2.05) is 24.1 Å². The molecule has 1 aromatic carbocycles. The molecule has 1 spiro atoms. The molecule has 2 aliphatic heterocycles. The van der Waals surface area contributed by atoms with E-state index in [1.165, 1.54) is 5.56 Å². The molecule has 0 radical (unpaired) electrons. The molecule has 20 heavy (non-hydrogen) atoms. The first-order valence-electron chi connectivity index (χ1n) is 7.27. The Hall–Kier alpha value is -1.55. The molecule has 0 unspecified atom stereocenters. The number of carbonyl (C=O) groups excluding carboxylic acids is 1. The maximum atomic E-state index is 12.7. The number of likely N-dealkylation sites (tertiary alicyclic amines) is 1. The smallest absolute Gasteiger partial charge is 0.230 e. The molecule has 2 atom stereocenters. The number of nitrogens with zero attached hydrogens (tertiary/aromatic N) is 1. The standard InChI is InChI=1S/C16H22N2O2/c1-18-10-14(12-4-6-13(20-2)7-5-12)16(15(18)19)8-3-9-17-11-16/h4-7,14,17H,3,8-11H2,1-2H3/t14-,16-/m0/s1. The molecule has 0 aromatic heterocycles. The van der Waals surface area contributed by atoms with Crippen molar-refractivity contribution in [3.8, 4) is 5.75 Å². The molecule has 0 saturated carbocycles. The highest BCUT2D eigenvalue weighted by atomic mass is 16.5. The molecule has 2 saturated heterocycles. The minimum atomic E-state index is -0.248. The van der Waals surface area contributed by atoms with Crippen molar-refractivity contribution in [2.75, 3.05) is 33.8 Å². The Morgan fingerprint density at radius 1 is 1.35 bits per heavy atom. The number of benzene rings is 1. The summed E-state index contributed by atoms with van der Waals surface area (Å²) in [6, 6.07) is 8.18. The lowest BCUT2D eigenvalue weighted by atomic mass is 9.69. The van der Waals surface area contributed by atoms with E-state index >= 15 is 0 Å². The molecule has 108 valence electrons. The summed E-state index contributed by atoms with van der Waals surface area (Å²) in [5.41, 5.74) is 0.994. The predicted molar refractivity (Wildman–Crippen MR) is 77.9 cm³/mol. The van der Waals surface area contributed by atoms with Gasteiger partial charge in [-0.05, 0) is 37.1 Å². The highest BCUT2D eigenvalue weighted by Crippen LogP contribution is 2.47. The highest BCUT2D eigenvalue weighted by molar-refractivity contribution is 5.87. The number of amides is 1. The van der Waals surface area contributed by atoms with E-state index in [0.29, 0.717) is 5.91 Å². The molecule has 2 aliphatic rings. The van der Waals surface area contributed by atoms with Crippen molar-refractivity contribution in [3.05, 3.63) is 29.8 Å². The Balaban J connectivity index is 1.95. The van der Waals surface area contributed by atoms with E-state index in [9.17, 15) is 4.79 Å². The first-order valence-corrected chi connectivity index (χ1v) is 7.27. The molecular weight excluding hydrogens is 252 g/mol. The van der Waals surface area contributed by atoms with Crippen LogP contribution in [0.25, 0.3) is 0 Å². The molecule has 2 fully saturated rings. The number of methoxy groups -OCH3 is 1. The number of hydrogen-bond donors (Lipinski definition) is 1. The second kappa shape index (κ2) is 5.09. The molecule has 2 heterocycles. The summed E-state index contributed by atoms with van der Waals surface area (Å²) >= 11 is 0. The largest absolute Gasteiger partial charge is 0.497 e. The molecule has 1 aromatic rings. The van der Waals surface area contributed by atoms with E-state index < -0.39 is 0 Å². The number of rotatable bonds is 2. The first-order chi connectivity index (χ1) is 9.67. The van der Waals surface area contributed by atoms with Gasteiger partial charge in [0.25, 0.3) is 0 Å². The fourth-order valence-electron chi connectivity index (χ4n) is 3.73. The number of likely N-dealkylation sites (N-methyl/N-ethyl adjacent to an activating group) is 1. The number of ether oxygens (including phenoxy) is 1. The van der Waals surface area contributed by atoms with Crippen molar-refractivity contribution in [2.24, 2.45) is 5.41 Å². The van der Waals surface area contributed by atoms with Crippen LogP contribution >= 0.6 is 0 Å². The van der Waals surface area contributed by atoms with Crippen LogP contribution in [-0.2, 0) is 4.79 Å². The maximum Gasteiger partial charge on any atom is 0.230 e. The molecule has 0 aliphatic carbocycles. The molecule has 0 bridgehead atoms. The third-order valence-corrected chi connectivity index (χ3v) is 4.83. The third kappa shape index (κ3) is 1.99. The van der Waals surface area contributed by atoms with Crippen molar-refractivity contribution < 1.29 is 9.53 Å². The summed E-state index contributed by atoms with van der Waals surface area (Å²) in [6.07, 6.45) is 2.06. The zero-order valence-corrected chi connectivity index (χ0v) is 12.2. The quantitative estimate of drug-likeness (QED) is 0.891. The molecular formula is C16H22N2O2. The van der Waals surface area contributed by atoms with Gasteiger partial charge in [-0.25, -0.2) is 0 Å². The molecule has 3 rings (SSSR count). The van der Waals surface area contributed by atoms with Crippen LogP contribution in [0.15, 0.2) is 24.3 Å². The van der Waals surface area contributed by atoms with Crippen LogP contribution in [0.3, 0.4) is 0 Å². The zero-order valence-electron chi connectivity index (χ0n) is 12.2. The van der Waals surface area contributed by atoms with E-state index in [4.69, 9.17) is 4.74 Å². The topological polar surface area (TPSA) is 41.6 Å². The SMILES string of the molecule is COc1ccc([C@@H]2CN(C)C(=O)[C@]23CCCNC3)cc1. The van der Waals surface area contributed by atoms with Gasteiger partial charge in [0.2, 0.25) is 5.91 Å². The lowest BCUT2D eigenvalue weighted by molar-refractivity contribution is -0.136. The zero-order chi connectivity index (χ0) is 14.2. The van der Waals surface area contributed by atoms with Crippen LogP contribution in [0.5, 0.6) is 5.75 Å². The predicted octanol–water partition coefficient (Wildman–Crippen LogP) is 1.62. The van der Waals surface area contributed by atoms with Crippen LogP contribution in [0, 0.1) is 5.41 Å². The minimum Gasteiger partial charge on any atom is -0.497 e. The Labute approximate surface area is 120 Å². The van der Waals surface area contributed by atoms with Gasteiger partial charge in [-0.2, -0.15) is 0 Å². The summed E-state index contributed by atoms with van der Waals surface area (Å²) < 4.78 is 5.22. The number of nitrogens with one attached hydrogen (secondary N) is 1. The van der Waals surface area contributed by atoms with Crippen LogP contribution < -0.4 is 10.1 Å². The highest BCUT2D eigenvalue weighted by Gasteiger charge is 2.53. The third-order valence-electron chi connectivity index (χ3n) is 4.83. The average Bonchev–Trinajstić information content (AvgIpc) is 2.74. The first kappa shape index (κ1) is 13.4. The summed E-state index contributed by atoms with van der Waals surface area (Å²) in [5.74, 6) is 1.44. The van der Waals surface area contributed by atoms with Crippen LogP contribution in [0.2, 0.25) is 0 Å². The van der Waals surface area contributed by atoms with Gasteiger partial charge in [-0.1, -0.05) is 12.1 Å². The molecule has 4 nitrogen and oxygen atoms in total. The van der Waals surface area contributed by atoms with Gasteiger partial charge in [0.1, 0.15) is 5.75 Å². The Morgan fingerprint density at radius 2 is 2.10 bits per heavy atom. The maximum absolute atomic E-state index is 12.7. The van der Waals surface area contributed by atoms with Gasteiger partial charge in [0.15, 0.2) is 0 Å². The monoisotopic (exact) mass is 274 g/mol. The van der Waals surface area contributed by atoms with E-state index in [0.717, 1.165) is 38.2 Å². The van der Waals surface area contributed by atoms with Crippen molar-refractivity contribution in [1.82, 2.24) is 10.2 Å². The minimum absolute atomic E-state index is 0.248. The van der Waals surface area contributed by atoms with E-state index in [1.54, 1.807) is 7.11 Å². The fourth-order valence-corrected chi connectivity index (χ4v) is 3.73. The van der Waals surface area contributed by atoms with E-state index in [2.05, 4.69) is 17.4 Å². The van der Waals surface area contributed by atoms with Gasteiger partial charge < -0.3 is 15.0 Å². The number of piperidine rings is 1. The number of carbonyl (C=O) groups is 1. The molecule has 1 N–H and O–H groups in total. The van der Waals surface area contributed by atoms with Gasteiger partial charge >= 0.3 is 0 Å². The number of hydrogen-bond acceptors (Lipinski definition) is 3. The molecule has 1 amide bonds. The Bertz CT molecular complexity index is 492. The Morgan fingerprint density at radius 3 is 2.70 bits per heavy atom. The van der Waals surface area contributed by atoms with Crippen molar-refractivity contribution in [3.63, 3.8) is 0 Å². The Kier molecular flexibility index (Phi) is 3.42. The lowest BCUT2D eigenvalue weighted by Gasteiger charge is -2.36. The second-order valence-corrected chi connectivity index (χ2v) is 5.95. The average molecular weight is 274 g/mol. The summed E-state index contributed by atoms with van der Waals surface area (Å²) in [7, 11) is 3.59. The van der Waals surface area contributed by atoms with Crippen molar-refractivity contribution >= 4 is 5.91 Å².